The van der Waals surface area contributed by atoms with Crippen molar-refractivity contribution >= 4 is 11.9 Å². The molecular formula is C10H14FNOS. The second-order valence-electron chi connectivity index (χ2n) is 3.51. The molecule has 0 saturated heterocycles. The molecule has 1 aromatic carbocycles. The Morgan fingerprint density at radius 1 is 1.43 bits per heavy atom. The highest BCUT2D eigenvalue weighted by molar-refractivity contribution is 7.97. The second kappa shape index (κ2) is 4.29. The van der Waals surface area contributed by atoms with E-state index in [1.165, 1.54) is 18.0 Å². The van der Waals surface area contributed by atoms with Gasteiger partial charge in [-0.2, -0.15) is 0 Å². The lowest BCUT2D eigenvalue weighted by molar-refractivity contribution is 0.0782. The van der Waals surface area contributed by atoms with Gasteiger partial charge in [-0.3, -0.25) is 4.72 Å². The number of aliphatic hydroxyl groups is 1. The fourth-order valence-electron chi connectivity index (χ4n) is 1.07. The van der Waals surface area contributed by atoms with Crippen molar-refractivity contribution in [2.45, 2.75) is 24.3 Å². The highest BCUT2D eigenvalue weighted by atomic mass is 32.2. The Labute approximate surface area is 87.7 Å². The molecule has 0 aliphatic rings. The zero-order valence-electron chi connectivity index (χ0n) is 8.47. The van der Waals surface area contributed by atoms with Gasteiger partial charge in [-0.05, 0) is 50.5 Å². The summed E-state index contributed by atoms with van der Waals surface area (Å²) < 4.78 is 16.0. The molecule has 0 atom stereocenters. The van der Waals surface area contributed by atoms with Crippen LogP contribution in [0.4, 0.5) is 4.39 Å². The number of rotatable bonds is 3. The molecule has 0 spiro atoms. The molecule has 0 radical (unpaired) electrons. The van der Waals surface area contributed by atoms with Gasteiger partial charge >= 0.3 is 0 Å². The first-order chi connectivity index (χ1) is 6.45. The smallest absolute Gasteiger partial charge is 0.138 e. The number of halogens is 1. The third-order valence-electron chi connectivity index (χ3n) is 1.85. The summed E-state index contributed by atoms with van der Waals surface area (Å²) in [5.74, 6) is -0.280. The first-order valence-corrected chi connectivity index (χ1v) is 5.13. The van der Waals surface area contributed by atoms with Crippen LogP contribution in [0.15, 0.2) is 23.1 Å². The van der Waals surface area contributed by atoms with Gasteiger partial charge in [-0.25, -0.2) is 4.39 Å². The molecule has 1 rings (SSSR count). The van der Waals surface area contributed by atoms with Crippen molar-refractivity contribution in [3.8, 4) is 0 Å². The summed E-state index contributed by atoms with van der Waals surface area (Å²) in [6, 6.07) is 4.61. The van der Waals surface area contributed by atoms with Crippen LogP contribution in [0.2, 0.25) is 0 Å². The van der Waals surface area contributed by atoms with E-state index in [1.54, 1.807) is 33.0 Å². The number of hydrogen-bond acceptors (Lipinski definition) is 3. The van der Waals surface area contributed by atoms with Gasteiger partial charge in [0.2, 0.25) is 0 Å². The number of nitrogens with one attached hydrogen (secondary N) is 1. The fourth-order valence-corrected chi connectivity index (χ4v) is 1.64. The quantitative estimate of drug-likeness (QED) is 0.759. The van der Waals surface area contributed by atoms with Crippen molar-refractivity contribution in [2.24, 2.45) is 0 Å². The lowest BCUT2D eigenvalue weighted by atomic mass is 9.99. The predicted octanol–water partition coefficient (Wildman–Crippen LogP) is 2.28. The number of benzene rings is 1. The highest BCUT2D eigenvalue weighted by Crippen LogP contribution is 2.26. The highest BCUT2D eigenvalue weighted by Gasteiger charge is 2.17. The lowest BCUT2D eigenvalue weighted by Crippen LogP contribution is -2.15. The van der Waals surface area contributed by atoms with Crippen molar-refractivity contribution in [1.82, 2.24) is 4.72 Å². The average Bonchev–Trinajstić information content (AvgIpc) is 2.07. The van der Waals surface area contributed by atoms with Crippen molar-refractivity contribution < 1.29 is 9.50 Å². The van der Waals surface area contributed by atoms with E-state index in [0.29, 0.717) is 10.5 Å². The third-order valence-corrected chi connectivity index (χ3v) is 2.59. The molecule has 0 fully saturated rings. The minimum Gasteiger partial charge on any atom is -0.386 e. The van der Waals surface area contributed by atoms with Crippen LogP contribution in [0.3, 0.4) is 0 Å². The van der Waals surface area contributed by atoms with Crippen LogP contribution in [0.25, 0.3) is 0 Å². The van der Waals surface area contributed by atoms with E-state index in [4.69, 9.17) is 0 Å². The van der Waals surface area contributed by atoms with Gasteiger partial charge < -0.3 is 5.11 Å². The summed E-state index contributed by atoms with van der Waals surface area (Å²) >= 11 is 1.20. The Bertz CT molecular complexity index is 322. The molecule has 2 nitrogen and oxygen atoms in total. The van der Waals surface area contributed by atoms with Crippen LogP contribution < -0.4 is 4.72 Å². The van der Waals surface area contributed by atoms with E-state index in [-0.39, 0.29) is 5.82 Å². The topological polar surface area (TPSA) is 32.3 Å². The molecule has 2 N–H and O–H groups in total. The minimum absolute atomic E-state index is 0.280. The maximum absolute atomic E-state index is 13.2. The molecule has 78 valence electrons. The first-order valence-electron chi connectivity index (χ1n) is 4.31. The van der Waals surface area contributed by atoms with Gasteiger partial charge in [0.25, 0.3) is 0 Å². The van der Waals surface area contributed by atoms with Crippen molar-refractivity contribution in [3.63, 3.8) is 0 Å². The van der Waals surface area contributed by atoms with Crippen molar-refractivity contribution in [3.05, 3.63) is 29.6 Å². The SMILES string of the molecule is CNSc1cc(C(C)(C)O)ccc1F. The molecule has 0 heterocycles. The molecule has 0 amide bonds. The molecule has 1 aromatic rings. The van der Waals surface area contributed by atoms with Crippen LogP contribution in [-0.2, 0) is 5.60 Å². The summed E-state index contributed by atoms with van der Waals surface area (Å²) in [7, 11) is 1.72. The van der Waals surface area contributed by atoms with E-state index in [9.17, 15) is 9.50 Å². The lowest BCUT2D eigenvalue weighted by Gasteiger charge is -2.18. The standard InChI is InChI=1S/C10H14FNOS/c1-10(2,13)7-4-5-8(11)9(6-7)14-12-3/h4-6,12-13H,1-3H3. The van der Waals surface area contributed by atoms with Gasteiger partial charge in [0.1, 0.15) is 5.82 Å². The molecular weight excluding hydrogens is 201 g/mol. The van der Waals surface area contributed by atoms with Crippen LogP contribution in [0.5, 0.6) is 0 Å². The molecule has 0 aliphatic carbocycles. The van der Waals surface area contributed by atoms with Gasteiger partial charge in [-0.1, -0.05) is 6.07 Å². The predicted molar refractivity (Wildman–Crippen MR) is 56.6 cm³/mol. The summed E-state index contributed by atoms with van der Waals surface area (Å²) in [6.07, 6.45) is 0. The molecule has 4 heteroatoms. The monoisotopic (exact) mass is 215 g/mol. The molecule has 0 aliphatic heterocycles. The Morgan fingerprint density at radius 3 is 2.57 bits per heavy atom. The Morgan fingerprint density at radius 2 is 2.07 bits per heavy atom. The summed E-state index contributed by atoms with van der Waals surface area (Å²) in [4.78, 5) is 0.493. The average molecular weight is 215 g/mol. The van der Waals surface area contributed by atoms with Gasteiger partial charge in [0.05, 0.1) is 10.5 Å². The van der Waals surface area contributed by atoms with Gasteiger partial charge in [0, 0.05) is 0 Å². The van der Waals surface area contributed by atoms with Gasteiger partial charge in [0.15, 0.2) is 0 Å². The largest absolute Gasteiger partial charge is 0.386 e. The van der Waals surface area contributed by atoms with E-state index in [1.807, 2.05) is 0 Å². The Kier molecular flexibility index (Phi) is 3.53. The van der Waals surface area contributed by atoms with Crippen LogP contribution in [0.1, 0.15) is 19.4 Å². The molecule has 0 bridgehead atoms. The van der Waals surface area contributed by atoms with Crippen molar-refractivity contribution in [1.29, 1.82) is 0 Å². The zero-order valence-corrected chi connectivity index (χ0v) is 9.28. The van der Waals surface area contributed by atoms with Crippen molar-refractivity contribution in [2.75, 3.05) is 7.05 Å². The van der Waals surface area contributed by atoms with Crippen LogP contribution >= 0.6 is 11.9 Å². The second-order valence-corrected chi connectivity index (χ2v) is 4.56. The summed E-state index contributed by atoms with van der Waals surface area (Å²) in [5.41, 5.74) is -0.229. The fraction of sp³-hybridized carbons (Fsp3) is 0.400. The maximum atomic E-state index is 13.2. The van der Waals surface area contributed by atoms with E-state index >= 15 is 0 Å². The number of hydrogen-bond donors (Lipinski definition) is 2. The molecule has 14 heavy (non-hydrogen) atoms. The van der Waals surface area contributed by atoms with Crippen LogP contribution in [-0.4, -0.2) is 12.2 Å². The minimum atomic E-state index is -0.934. The summed E-state index contributed by atoms with van der Waals surface area (Å²) in [6.45, 7) is 3.35. The Hall–Kier alpha value is -0.580. The third kappa shape index (κ3) is 2.70. The molecule has 0 aromatic heterocycles. The van der Waals surface area contributed by atoms with E-state index in [0.717, 1.165) is 0 Å². The first kappa shape index (κ1) is 11.5. The molecule has 0 unspecified atom stereocenters. The normalized spacial score (nSPS) is 11.8. The maximum Gasteiger partial charge on any atom is 0.138 e. The Balaban J connectivity index is 3.06. The van der Waals surface area contributed by atoms with Gasteiger partial charge in [-0.15, -0.1) is 0 Å². The molecule has 0 saturated carbocycles. The van der Waals surface area contributed by atoms with E-state index in [2.05, 4.69) is 4.72 Å². The summed E-state index contributed by atoms with van der Waals surface area (Å²) in [5, 5.41) is 9.72. The van der Waals surface area contributed by atoms with E-state index < -0.39 is 5.60 Å². The zero-order chi connectivity index (χ0) is 10.8. The van der Waals surface area contributed by atoms with Crippen LogP contribution in [0, 0.1) is 5.82 Å².